The highest BCUT2D eigenvalue weighted by molar-refractivity contribution is 6.32. The number of aromatic nitrogens is 4. The van der Waals surface area contributed by atoms with Gasteiger partial charge in [-0.2, -0.15) is 4.80 Å². The second-order valence-corrected chi connectivity index (χ2v) is 4.43. The molecule has 0 saturated carbocycles. The molecule has 0 spiro atoms. The van der Waals surface area contributed by atoms with E-state index in [0.717, 1.165) is 0 Å². The fourth-order valence-electron chi connectivity index (χ4n) is 1.48. The van der Waals surface area contributed by atoms with Gasteiger partial charge < -0.3 is 5.11 Å². The molecule has 2 aromatic rings. The number of carbonyl (C=O) groups excluding carboxylic acids is 1. The minimum Gasteiger partial charge on any atom is -0.395 e. The monoisotopic (exact) mass is 305 g/mol. The van der Waals surface area contributed by atoms with Crippen molar-refractivity contribution in [3.05, 3.63) is 34.3 Å². The molecule has 0 aliphatic rings. The highest BCUT2D eigenvalue weighted by Crippen LogP contribution is 2.17. The first kappa shape index (κ1) is 15.0. The Morgan fingerprint density at radius 2 is 2.33 bits per heavy atom. The van der Waals surface area contributed by atoms with Crippen LogP contribution >= 0.6 is 11.6 Å². The number of rotatable bonds is 3. The molecule has 1 aromatic heterocycles. The number of aryl methyl sites for hydroxylation is 1. The molecule has 7 nitrogen and oxygen atoms in total. The van der Waals surface area contributed by atoms with Crippen molar-refractivity contribution in [1.29, 1.82) is 0 Å². The normalized spacial score (nSPS) is 9.86. The fraction of sp³-hybridized carbons (Fsp3) is 0.231. The summed E-state index contributed by atoms with van der Waals surface area (Å²) in [5.74, 6) is 5.32. The van der Waals surface area contributed by atoms with Crippen LogP contribution in [-0.4, -0.2) is 37.8 Å². The molecule has 0 unspecified atom stereocenters. The number of aliphatic hydroxyl groups excluding tert-OH is 1. The van der Waals surface area contributed by atoms with E-state index in [0.29, 0.717) is 22.6 Å². The van der Waals surface area contributed by atoms with Crippen molar-refractivity contribution < 1.29 is 9.90 Å². The molecule has 108 valence electrons. The number of nitrogens with zero attached hydrogens (tertiary/aromatic N) is 4. The minimum atomic E-state index is -0.389. The molecule has 1 aromatic carbocycles. The minimum absolute atomic E-state index is 0.00375. The number of tetrazole rings is 1. The van der Waals surface area contributed by atoms with Gasteiger partial charge in [0.05, 0.1) is 18.7 Å². The van der Waals surface area contributed by atoms with Crippen LogP contribution in [0.25, 0.3) is 0 Å². The van der Waals surface area contributed by atoms with E-state index in [4.69, 9.17) is 16.7 Å². The predicted octanol–water partition coefficient (Wildman–Crippen LogP) is 0.850. The molecule has 21 heavy (non-hydrogen) atoms. The third kappa shape index (κ3) is 4.02. The Morgan fingerprint density at radius 3 is 2.95 bits per heavy atom. The molecule has 1 amide bonds. The zero-order chi connectivity index (χ0) is 15.2. The number of halogens is 1. The Balaban J connectivity index is 2.12. The van der Waals surface area contributed by atoms with Crippen LogP contribution < -0.4 is 5.32 Å². The molecule has 8 heteroatoms. The molecule has 0 aliphatic heterocycles. The van der Waals surface area contributed by atoms with Crippen molar-refractivity contribution in [3.8, 4) is 11.8 Å². The van der Waals surface area contributed by atoms with Crippen LogP contribution in [-0.2, 0) is 7.05 Å². The van der Waals surface area contributed by atoms with Crippen LogP contribution in [0.2, 0.25) is 5.02 Å². The molecule has 0 saturated heterocycles. The van der Waals surface area contributed by atoms with Crippen molar-refractivity contribution in [3.63, 3.8) is 0 Å². The number of carbonyl (C=O) groups is 1. The Kier molecular flexibility index (Phi) is 4.87. The van der Waals surface area contributed by atoms with Crippen LogP contribution in [0.1, 0.15) is 22.3 Å². The fourth-order valence-corrected chi connectivity index (χ4v) is 1.71. The Hall–Kier alpha value is -2.43. The Morgan fingerprint density at radius 1 is 1.52 bits per heavy atom. The summed E-state index contributed by atoms with van der Waals surface area (Å²) in [6, 6.07) is 4.75. The number of anilines is 1. The number of aliphatic hydroxyl groups is 1. The summed E-state index contributed by atoms with van der Waals surface area (Å²) in [7, 11) is 1.60. The maximum Gasteiger partial charge on any atom is 0.270 e. The van der Waals surface area contributed by atoms with Crippen molar-refractivity contribution in [2.24, 2.45) is 7.05 Å². The molecule has 0 radical (unpaired) electrons. The summed E-state index contributed by atoms with van der Waals surface area (Å²) >= 11 is 6.07. The zero-order valence-electron chi connectivity index (χ0n) is 11.2. The Labute approximate surface area is 125 Å². The van der Waals surface area contributed by atoms with Gasteiger partial charge in [-0.3, -0.25) is 10.1 Å². The van der Waals surface area contributed by atoms with Gasteiger partial charge in [-0.15, -0.1) is 5.10 Å². The quantitative estimate of drug-likeness (QED) is 0.820. The second-order valence-electron chi connectivity index (χ2n) is 4.03. The molecule has 2 N–H and O–H groups in total. The SMILES string of the molecule is Cn1nnc(NC(=O)c2ccc(C#CCCO)c(Cl)c2)n1. The van der Waals surface area contributed by atoms with Gasteiger partial charge in [-0.05, 0) is 23.4 Å². The standard InChI is InChI=1S/C13H12ClN5O2/c1-19-17-13(16-18-19)15-12(21)10-6-5-9(11(14)8-10)4-2-3-7-20/h5-6,8,20H,3,7H2,1H3,(H,15,17,21). The first-order valence-corrected chi connectivity index (χ1v) is 6.42. The molecule has 2 rings (SSSR count). The summed E-state index contributed by atoms with van der Waals surface area (Å²) in [4.78, 5) is 13.2. The molecular weight excluding hydrogens is 294 g/mol. The van der Waals surface area contributed by atoms with E-state index in [1.54, 1.807) is 19.2 Å². The van der Waals surface area contributed by atoms with Crippen molar-refractivity contribution >= 4 is 23.5 Å². The molecular formula is C13H12ClN5O2. The molecule has 0 bridgehead atoms. The van der Waals surface area contributed by atoms with Crippen LogP contribution in [0.15, 0.2) is 18.2 Å². The zero-order valence-corrected chi connectivity index (χ0v) is 11.9. The summed E-state index contributed by atoms with van der Waals surface area (Å²) in [6.07, 6.45) is 0.372. The van der Waals surface area contributed by atoms with Gasteiger partial charge in [0.15, 0.2) is 0 Å². The second kappa shape index (κ2) is 6.83. The lowest BCUT2D eigenvalue weighted by molar-refractivity contribution is 0.102. The largest absolute Gasteiger partial charge is 0.395 e. The molecule has 0 atom stereocenters. The van der Waals surface area contributed by atoms with Crippen LogP contribution in [0.5, 0.6) is 0 Å². The van der Waals surface area contributed by atoms with Crippen molar-refractivity contribution in [2.45, 2.75) is 6.42 Å². The van der Waals surface area contributed by atoms with Crippen molar-refractivity contribution in [2.75, 3.05) is 11.9 Å². The van der Waals surface area contributed by atoms with Crippen LogP contribution in [0.3, 0.4) is 0 Å². The summed E-state index contributed by atoms with van der Waals surface area (Å²) < 4.78 is 0. The van der Waals surface area contributed by atoms with Gasteiger partial charge in [0.25, 0.3) is 11.9 Å². The Bertz CT molecular complexity index is 717. The maximum atomic E-state index is 12.0. The van der Waals surface area contributed by atoms with E-state index in [1.807, 2.05) is 0 Å². The average molecular weight is 306 g/mol. The number of amides is 1. The lowest BCUT2D eigenvalue weighted by atomic mass is 10.1. The predicted molar refractivity (Wildman–Crippen MR) is 76.8 cm³/mol. The summed E-state index contributed by atoms with van der Waals surface area (Å²) in [5, 5.41) is 22.7. The smallest absolute Gasteiger partial charge is 0.270 e. The number of benzene rings is 1. The van der Waals surface area contributed by atoms with Gasteiger partial charge in [-0.1, -0.05) is 28.5 Å². The van der Waals surface area contributed by atoms with Crippen LogP contribution in [0.4, 0.5) is 5.95 Å². The molecule has 1 heterocycles. The highest BCUT2D eigenvalue weighted by Gasteiger charge is 2.11. The third-order valence-corrected chi connectivity index (χ3v) is 2.74. The summed E-state index contributed by atoms with van der Waals surface area (Å²) in [5.41, 5.74) is 0.958. The lowest BCUT2D eigenvalue weighted by Gasteiger charge is -2.02. The van der Waals surface area contributed by atoms with E-state index >= 15 is 0 Å². The molecule has 0 aliphatic carbocycles. The van der Waals surface area contributed by atoms with Gasteiger partial charge in [0.2, 0.25) is 0 Å². The number of hydrogen-bond donors (Lipinski definition) is 2. The molecule has 0 fully saturated rings. The first-order valence-electron chi connectivity index (χ1n) is 6.05. The van der Waals surface area contributed by atoms with Crippen LogP contribution in [0, 0.1) is 11.8 Å². The lowest BCUT2D eigenvalue weighted by Crippen LogP contribution is -2.13. The maximum absolute atomic E-state index is 12.0. The van der Waals surface area contributed by atoms with Crippen molar-refractivity contribution in [1.82, 2.24) is 20.2 Å². The summed E-state index contributed by atoms with van der Waals surface area (Å²) in [6.45, 7) is -0.00375. The number of hydrogen-bond acceptors (Lipinski definition) is 5. The van der Waals surface area contributed by atoms with E-state index in [9.17, 15) is 4.79 Å². The van der Waals surface area contributed by atoms with Gasteiger partial charge >= 0.3 is 0 Å². The van der Waals surface area contributed by atoms with Gasteiger partial charge in [0, 0.05) is 17.5 Å². The van der Waals surface area contributed by atoms with E-state index in [-0.39, 0.29) is 18.5 Å². The van der Waals surface area contributed by atoms with E-state index in [1.165, 1.54) is 10.9 Å². The third-order valence-electron chi connectivity index (χ3n) is 2.42. The van der Waals surface area contributed by atoms with E-state index in [2.05, 4.69) is 32.6 Å². The average Bonchev–Trinajstić information content (AvgIpc) is 2.86. The topological polar surface area (TPSA) is 92.9 Å². The first-order chi connectivity index (χ1) is 10.1. The number of nitrogens with one attached hydrogen (secondary N) is 1. The van der Waals surface area contributed by atoms with Gasteiger partial charge in [0.1, 0.15) is 0 Å². The van der Waals surface area contributed by atoms with E-state index < -0.39 is 0 Å². The highest BCUT2D eigenvalue weighted by atomic mass is 35.5. The van der Waals surface area contributed by atoms with Gasteiger partial charge in [-0.25, -0.2) is 0 Å².